The van der Waals surface area contributed by atoms with Crippen molar-refractivity contribution in [3.8, 4) is 11.8 Å². The van der Waals surface area contributed by atoms with Crippen LogP contribution in [0.4, 0.5) is 0 Å². The molecule has 0 bridgehead atoms. The van der Waals surface area contributed by atoms with Crippen molar-refractivity contribution in [1.82, 2.24) is 0 Å². The first-order valence-corrected chi connectivity index (χ1v) is 5.66. The standard InChI is InChI=1S/C13H22O/c1-2-3-4-5-6-7-8-9-10-11-12-13-14/h9-10,14H,2-6,11-13H2,1H3/b10-9-. The molecule has 0 atom stereocenters. The van der Waals surface area contributed by atoms with E-state index in [9.17, 15) is 0 Å². The highest BCUT2D eigenvalue weighted by Crippen LogP contribution is 2.00. The maximum Gasteiger partial charge on any atom is 0.0433 e. The molecule has 1 N–H and O–H groups in total. The molecule has 80 valence electrons. The normalized spacial score (nSPS) is 10.1. The zero-order valence-electron chi connectivity index (χ0n) is 9.26. The lowest BCUT2D eigenvalue weighted by Gasteiger charge is -1.91. The van der Waals surface area contributed by atoms with Gasteiger partial charge in [0, 0.05) is 13.0 Å². The van der Waals surface area contributed by atoms with Crippen LogP contribution in [0.25, 0.3) is 0 Å². The van der Waals surface area contributed by atoms with Crippen molar-refractivity contribution >= 4 is 0 Å². The molecule has 14 heavy (non-hydrogen) atoms. The van der Waals surface area contributed by atoms with Crippen LogP contribution in [0.15, 0.2) is 12.2 Å². The highest BCUT2D eigenvalue weighted by molar-refractivity contribution is 5.14. The van der Waals surface area contributed by atoms with Crippen molar-refractivity contribution < 1.29 is 5.11 Å². The number of hydrogen-bond donors (Lipinski definition) is 1. The second-order valence-electron chi connectivity index (χ2n) is 3.40. The van der Waals surface area contributed by atoms with Gasteiger partial charge < -0.3 is 5.11 Å². The molecule has 1 nitrogen and oxygen atoms in total. The van der Waals surface area contributed by atoms with Gasteiger partial charge in [0.15, 0.2) is 0 Å². The molecule has 0 unspecified atom stereocenters. The topological polar surface area (TPSA) is 20.2 Å². The van der Waals surface area contributed by atoms with Crippen LogP contribution < -0.4 is 0 Å². The zero-order chi connectivity index (χ0) is 10.5. The molecule has 0 aromatic heterocycles. The summed E-state index contributed by atoms with van der Waals surface area (Å²) in [6, 6.07) is 0. The van der Waals surface area contributed by atoms with Gasteiger partial charge in [-0.3, -0.25) is 0 Å². The third-order valence-electron chi connectivity index (χ3n) is 1.99. The lowest BCUT2D eigenvalue weighted by atomic mass is 10.1. The van der Waals surface area contributed by atoms with E-state index < -0.39 is 0 Å². The maximum atomic E-state index is 8.52. The first-order chi connectivity index (χ1) is 6.91. The molecule has 0 aliphatic rings. The highest BCUT2D eigenvalue weighted by Gasteiger charge is 1.82. The summed E-state index contributed by atoms with van der Waals surface area (Å²) < 4.78 is 0. The minimum absolute atomic E-state index is 0.273. The Balaban J connectivity index is 3.21. The Labute approximate surface area is 88.2 Å². The second-order valence-corrected chi connectivity index (χ2v) is 3.40. The summed E-state index contributed by atoms with van der Waals surface area (Å²) in [4.78, 5) is 0. The number of rotatable bonds is 7. The van der Waals surface area contributed by atoms with Crippen molar-refractivity contribution in [2.24, 2.45) is 0 Å². The molecule has 0 aliphatic heterocycles. The fraction of sp³-hybridized carbons (Fsp3) is 0.692. The molecule has 0 aromatic carbocycles. The van der Waals surface area contributed by atoms with Gasteiger partial charge in [0.05, 0.1) is 0 Å². The summed E-state index contributed by atoms with van der Waals surface area (Å²) >= 11 is 0. The van der Waals surface area contributed by atoms with Crippen LogP contribution in [0.3, 0.4) is 0 Å². The number of allylic oxidation sites excluding steroid dienone is 2. The molecule has 0 aromatic rings. The predicted octanol–water partition coefficient (Wildman–Crippen LogP) is 3.29. The van der Waals surface area contributed by atoms with Crippen molar-refractivity contribution in [2.45, 2.75) is 51.9 Å². The number of unbranched alkanes of at least 4 members (excludes halogenated alkanes) is 5. The number of hydrogen-bond acceptors (Lipinski definition) is 1. The second kappa shape index (κ2) is 12.3. The largest absolute Gasteiger partial charge is 0.396 e. The Morgan fingerprint density at radius 1 is 1.14 bits per heavy atom. The average molecular weight is 194 g/mol. The quantitative estimate of drug-likeness (QED) is 0.487. The Morgan fingerprint density at radius 2 is 2.00 bits per heavy atom. The van der Waals surface area contributed by atoms with Crippen molar-refractivity contribution in [1.29, 1.82) is 0 Å². The number of aliphatic hydroxyl groups excluding tert-OH is 1. The Bertz CT molecular complexity index is 183. The summed E-state index contributed by atoms with van der Waals surface area (Å²) in [6.07, 6.45) is 11.9. The minimum Gasteiger partial charge on any atom is -0.396 e. The first-order valence-electron chi connectivity index (χ1n) is 5.66. The van der Waals surface area contributed by atoms with E-state index >= 15 is 0 Å². The Hall–Kier alpha value is -0.740. The summed E-state index contributed by atoms with van der Waals surface area (Å²) in [5.74, 6) is 6.13. The Morgan fingerprint density at radius 3 is 2.71 bits per heavy atom. The van der Waals surface area contributed by atoms with Crippen LogP contribution in [0, 0.1) is 11.8 Å². The summed E-state index contributed by atoms with van der Waals surface area (Å²) in [5, 5.41) is 8.52. The van der Waals surface area contributed by atoms with Gasteiger partial charge in [-0.05, 0) is 25.3 Å². The van der Waals surface area contributed by atoms with Gasteiger partial charge in [-0.25, -0.2) is 0 Å². The molecule has 0 heterocycles. The van der Waals surface area contributed by atoms with E-state index in [0.717, 1.165) is 19.3 Å². The third-order valence-corrected chi connectivity index (χ3v) is 1.99. The van der Waals surface area contributed by atoms with Crippen LogP contribution in [-0.2, 0) is 0 Å². The molecule has 0 spiro atoms. The molecule has 0 fully saturated rings. The van der Waals surface area contributed by atoms with Crippen molar-refractivity contribution in [3.05, 3.63) is 12.2 Å². The van der Waals surface area contributed by atoms with E-state index in [1.165, 1.54) is 25.7 Å². The van der Waals surface area contributed by atoms with E-state index in [2.05, 4.69) is 18.8 Å². The fourth-order valence-electron chi connectivity index (χ4n) is 1.12. The molecule has 0 aliphatic carbocycles. The summed E-state index contributed by atoms with van der Waals surface area (Å²) in [7, 11) is 0. The van der Waals surface area contributed by atoms with E-state index in [-0.39, 0.29) is 6.61 Å². The summed E-state index contributed by atoms with van der Waals surface area (Å²) in [6.45, 7) is 2.49. The minimum atomic E-state index is 0.273. The molecular formula is C13H22O. The molecule has 0 rings (SSSR count). The molecule has 0 saturated heterocycles. The van der Waals surface area contributed by atoms with Gasteiger partial charge in [-0.15, -0.1) is 0 Å². The molecule has 0 amide bonds. The van der Waals surface area contributed by atoms with Crippen LogP contribution >= 0.6 is 0 Å². The van der Waals surface area contributed by atoms with Crippen LogP contribution in [-0.4, -0.2) is 11.7 Å². The van der Waals surface area contributed by atoms with Gasteiger partial charge in [0.2, 0.25) is 0 Å². The van der Waals surface area contributed by atoms with Gasteiger partial charge in [-0.2, -0.15) is 0 Å². The van der Waals surface area contributed by atoms with Crippen LogP contribution in [0.2, 0.25) is 0 Å². The SMILES string of the molecule is CCCCCCC#C/C=C\CCCO. The Kier molecular flexibility index (Phi) is 11.6. The third kappa shape index (κ3) is 11.3. The number of aliphatic hydroxyl groups is 1. The van der Waals surface area contributed by atoms with Crippen molar-refractivity contribution in [2.75, 3.05) is 6.61 Å². The van der Waals surface area contributed by atoms with Gasteiger partial charge in [0.1, 0.15) is 0 Å². The van der Waals surface area contributed by atoms with Gasteiger partial charge in [0.25, 0.3) is 0 Å². The average Bonchev–Trinajstić information content (AvgIpc) is 2.21. The molecule has 1 heteroatoms. The molecule has 0 saturated carbocycles. The van der Waals surface area contributed by atoms with Crippen LogP contribution in [0.5, 0.6) is 0 Å². The van der Waals surface area contributed by atoms with E-state index in [1.54, 1.807) is 0 Å². The van der Waals surface area contributed by atoms with E-state index in [4.69, 9.17) is 5.11 Å². The monoisotopic (exact) mass is 194 g/mol. The fourth-order valence-corrected chi connectivity index (χ4v) is 1.12. The van der Waals surface area contributed by atoms with Crippen LogP contribution in [0.1, 0.15) is 51.9 Å². The van der Waals surface area contributed by atoms with Gasteiger partial charge >= 0.3 is 0 Å². The highest BCUT2D eigenvalue weighted by atomic mass is 16.2. The predicted molar refractivity (Wildman–Crippen MR) is 62.0 cm³/mol. The zero-order valence-corrected chi connectivity index (χ0v) is 9.26. The van der Waals surface area contributed by atoms with Gasteiger partial charge in [-0.1, -0.05) is 44.1 Å². The molecular weight excluding hydrogens is 172 g/mol. The maximum absolute atomic E-state index is 8.52. The smallest absolute Gasteiger partial charge is 0.0433 e. The van der Waals surface area contributed by atoms with E-state index in [0.29, 0.717) is 0 Å². The van der Waals surface area contributed by atoms with E-state index in [1.807, 2.05) is 12.2 Å². The molecule has 0 radical (unpaired) electrons. The lowest BCUT2D eigenvalue weighted by molar-refractivity contribution is 0.289. The first kappa shape index (κ1) is 13.3. The van der Waals surface area contributed by atoms with Crippen molar-refractivity contribution in [3.63, 3.8) is 0 Å². The lowest BCUT2D eigenvalue weighted by Crippen LogP contribution is -1.77. The summed E-state index contributed by atoms with van der Waals surface area (Å²) in [5.41, 5.74) is 0.